The van der Waals surface area contributed by atoms with Gasteiger partial charge in [0, 0.05) is 11.1 Å². The lowest BCUT2D eigenvalue weighted by atomic mass is 10.0. The number of hydrogen-bond acceptors (Lipinski definition) is 4. The first kappa shape index (κ1) is 23.9. The Labute approximate surface area is 212 Å². The fourth-order valence-electron chi connectivity index (χ4n) is 4.33. The monoisotopic (exact) mass is 497 g/mol. The fraction of sp³-hybridized carbons (Fsp3) is 0.133. The molecule has 1 aliphatic heterocycles. The molecule has 5 nitrogen and oxygen atoms in total. The Morgan fingerprint density at radius 2 is 1.36 bits per heavy atom. The van der Waals surface area contributed by atoms with Crippen molar-refractivity contribution >= 4 is 15.8 Å². The van der Waals surface area contributed by atoms with Crippen LogP contribution in [-0.4, -0.2) is 19.8 Å². The maximum Gasteiger partial charge on any atom is 0.247 e. The van der Waals surface area contributed by atoms with Crippen LogP contribution in [0, 0.1) is 6.92 Å². The third-order valence-corrected chi connectivity index (χ3v) is 8.09. The zero-order valence-corrected chi connectivity index (χ0v) is 20.9. The van der Waals surface area contributed by atoms with E-state index in [0.717, 1.165) is 16.7 Å². The predicted molar refractivity (Wildman–Crippen MR) is 141 cm³/mol. The average Bonchev–Trinajstić information content (AvgIpc) is 2.93. The highest BCUT2D eigenvalue weighted by atomic mass is 32.2. The molecule has 4 aromatic carbocycles. The Morgan fingerprint density at radius 3 is 1.97 bits per heavy atom. The standard InChI is InChI=1S/C30H27NO4S/c1-22-13-19-27(20-14-22)36(32,33)31-28(23-9-5-3-6-10-23)21-29(24-11-7-4-8-12-24)35-30(31)25-15-17-26(34-2)18-16-25/h3-21,28,30H,1-2H3/t28-,30-/m0/s1. The average molecular weight is 498 g/mol. The van der Waals surface area contributed by atoms with Gasteiger partial charge in [-0.3, -0.25) is 0 Å². The molecule has 182 valence electrons. The minimum atomic E-state index is -3.96. The molecule has 0 unspecified atom stereocenters. The summed E-state index contributed by atoms with van der Waals surface area (Å²) in [6.45, 7) is 1.93. The molecule has 6 heteroatoms. The molecule has 0 radical (unpaired) electrons. The largest absolute Gasteiger partial charge is 0.497 e. The zero-order chi connectivity index (χ0) is 25.1. The van der Waals surface area contributed by atoms with Crippen molar-refractivity contribution in [2.45, 2.75) is 24.1 Å². The van der Waals surface area contributed by atoms with Gasteiger partial charge < -0.3 is 9.47 Å². The molecule has 0 aromatic heterocycles. The van der Waals surface area contributed by atoms with Gasteiger partial charge in [0.05, 0.1) is 18.0 Å². The van der Waals surface area contributed by atoms with Gasteiger partial charge in [0.2, 0.25) is 10.0 Å². The molecule has 5 rings (SSSR count). The van der Waals surface area contributed by atoms with Gasteiger partial charge in [-0.25, -0.2) is 8.42 Å². The lowest BCUT2D eigenvalue weighted by Crippen LogP contribution is -2.41. The van der Waals surface area contributed by atoms with Crippen LogP contribution in [0.5, 0.6) is 5.75 Å². The first-order chi connectivity index (χ1) is 17.5. The molecule has 1 aliphatic rings. The molecule has 1 heterocycles. The molecule has 0 fully saturated rings. The normalized spacial score (nSPS) is 18.2. The molecule has 0 aliphatic carbocycles. The highest BCUT2D eigenvalue weighted by Crippen LogP contribution is 2.45. The third-order valence-electron chi connectivity index (χ3n) is 6.25. The summed E-state index contributed by atoms with van der Waals surface area (Å²) >= 11 is 0. The quantitative estimate of drug-likeness (QED) is 0.305. The Hall–Kier alpha value is -3.87. The van der Waals surface area contributed by atoms with E-state index >= 15 is 0 Å². The van der Waals surface area contributed by atoms with E-state index in [9.17, 15) is 8.42 Å². The Bertz CT molecular complexity index is 1450. The summed E-state index contributed by atoms with van der Waals surface area (Å²) in [7, 11) is -2.36. The van der Waals surface area contributed by atoms with E-state index in [1.165, 1.54) is 4.31 Å². The van der Waals surface area contributed by atoms with Gasteiger partial charge in [-0.05, 0) is 42.8 Å². The van der Waals surface area contributed by atoms with Crippen LogP contribution in [0.15, 0.2) is 120 Å². The molecular weight excluding hydrogens is 470 g/mol. The third kappa shape index (κ3) is 4.65. The molecular formula is C30H27NO4S. The minimum absolute atomic E-state index is 0.215. The minimum Gasteiger partial charge on any atom is -0.497 e. The second-order valence-corrected chi connectivity index (χ2v) is 10.5. The molecule has 4 aromatic rings. The van der Waals surface area contributed by atoms with Crippen molar-refractivity contribution in [1.82, 2.24) is 4.31 Å². The van der Waals surface area contributed by atoms with Crippen LogP contribution in [0.4, 0.5) is 0 Å². The number of hydrogen-bond donors (Lipinski definition) is 0. The topological polar surface area (TPSA) is 55.8 Å². The summed E-state index contributed by atoms with van der Waals surface area (Å²) in [5.74, 6) is 1.31. The summed E-state index contributed by atoms with van der Waals surface area (Å²) in [4.78, 5) is 0.215. The number of methoxy groups -OCH3 is 1. The smallest absolute Gasteiger partial charge is 0.247 e. The Morgan fingerprint density at radius 1 is 0.750 bits per heavy atom. The number of aryl methyl sites for hydroxylation is 1. The van der Waals surface area contributed by atoms with E-state index in [1.807, 2.05) is 110 Å². The van der Waals surface area contributed by atoms with Crippen molar-refractivity contribution in [3.8, 4) is 5.75 Å². The molecule has 2 atom stereocenters. The van der Waals surface area contributed by atoms with Crippen LogP contribution in [0.3, 0.4) is 0 Å². The number of benzene rings is 4. The van der Waals surface area contributed by atoms with E-state index < -0.39 is 22.3 Å². The fourth-order valence-corrected chi connectivity index (χ4v) is 5.95. The van der Waals surface area contributed by atoms with E-state index in [-0.39, 0.29) is 4.90 Å². The number of sulfonamides is 1. The number of ether oxygens (including phenoxy) is 2. The van der Waals surface area contributed by atoms with Gasteiger partial charge >= 0.3 is 0 Å². The van der Waals surface area contributed by atoms with Gasteiger partial charge in [-0.1, -0.05) is 90.5 Å². The van der Waals surface area contributed by atoms with Crippen molar-refractivity contribution in [1.29, 1.82) is 0 Å². The van der Waals surface area contributed by atoms with Gasteiger partial charge in [0.1, 0.15) is 11.5 Å². The summed E-state index contributed by atoms with van der Waals surface area (Å²) in [5.41, 5.74) is 3.42. The van der Waals surface area contributed by atoms with Crippen LogP contribution in [0.1, 0.15) is 34.5 Å². The summed E-state index contributed by atoms with van der Waals surface area (Å²) in [6.07, 6.45) is 0.990. The molecule has 0 N–H and O–H groups in total. The predicted octanol–water partition coefficient (Wildman–Crippen LogP) is 6.51. The summed E-state index contributed by atoms with van der Waals surface area (Å²) in [5, 5.41) is 0. The van der Waals surface area contributed by atoms with Gasteiger partial charge in [-0.15, -0.1) is 4.31 Å². The molecule has 0 bridgehead atoms. The van der Waals surface area contributed by atoms with Crippen molar-refractivity contribution in [3.05, 3.63) is 138 Å². The first-order valence-electron chi connectivity index (χ1n) is 11.7. The van der Waals surface area contributed by atoms with E-state index in [4.69, 9.17) is 9.47 Å². The van der Waals surface area contributed by atoms with Crippen molar-refractivity contribution in [3.63, 3.8) is 0 Å². The van der Waals surface area contributed by atoms with Crippen LogP contribution in [0.25, 0.3) is 5.76 Å². The van der Waals surface area contributed by atoms with E-state index in [2.05, 4.69) is 0 Å². The van der Waals surface area contributed by atoms with Crippen molar-refractivity contribution < 1.29 is 17.9 Å². The van der Waals surface area contributed by atoms with Crippen molar-refractivity contribution in [2.24, 2.45) is 0 Å². The van der Waals surface area contributed by atoms with Crippen LogP contribution >= 0.6 is 0 Å². The van der Waals surface area contributed by atoms with Crippen LogP contribution < -0.4 is 4.74 Å². The molecule has 0 saturated carbocycles. The zero-order valence-electron chi connectivity index (χ0n) is 20.1. The second kappa shape index (κ2) is 10.0. The maximum atomic E-state index is 14.2. The highest BCUT2D eigenvalue weighted by molar-refractivity contribution is 7.89. The van der Waals surface area contributed by atoms with E-state index in [0.29, 0.717) is 17.1 Å². The van der Waals surface area contributed by atoms with Crippen molar-refractivity contribution in [2.75, 3.05) is 7.11 Å². The van der Waals surface area contributed by atoms with Gasteiger partial charge in [0.15, 0.2) is 6.23 Å². The highest BCUT2D eigenvalue weighted by Gasteiger charge is 2.43. The first-order valence-corrected chi connectivity index (χ1v) is 13.1. The molecule has 0 saturated heterocycles. The number of rotatable bonds is 6. The molecule has 36 heavy (non-hydrogen) atoms. The summed E-state index contributed by atoms with van der Waals surface area (Å²) < 4.78 is 41.7. The Kier molecular flexibility index (Phi) is 6.63. The molecule has 0 spiro atoms. The lowest BCUT2D eigenvalue weighted by Gasteiger charge is -2.40. The van der Waals surface area contributed by atoms with Gasteiger partial charge in [-0.2, -0.15) is 0 Å². The van der Waals surface area contributed by atoms with Gasteiger partial charge in [0.25, 0.3) is 0 Å². The van der Waals surface area contributed by atoms with Crippen LogP contribution in [-0.2, 0) is 14.8 Å². The van der Waals surface area contributed by atoms with Crippen LogP contribution in [0.2, 0.25) is 0 Å². The second-order valence-electron chi connectivity index (χ2n) is 8.64. The Balaban J connectivity index is 1.72. The molecule has 0 amide bonds. The SMILES string of the molecule is COc1ccc([C@@H]2OC(c3ccccc3)=C[C@@H](c3ccccc3)N2S(=O)(=O)c2ccc(C)cc2)cc1. The number of nitrogens with zero attached hydrogens (tertiary/aromatic N) is 1. The summed E-state index contributed by atoms with van der Waals surface area (Å²) in [6, 6.07) is 33.0. The lowest BCUT2D eigenvalue weighted by molar-refractivity contribution is 0.0295. The maximum absolute atomic E-state index is 14.2. The van der Waals surface area contributed by atoms with E-state index in [1.54, 1.807) is 19.2 Å².